The second kappa shape index (κ2) is 3.36. The highest BCUT2D eigenvalue weighted by atomic mass is 16.6. The zero-order valence-corrected chi connectivity index (χ0v) is 8.12. The van der Waals surface area contributed by atoms with Crippen molar-refractivity contribution in [3.05, 3.63) is 0 Å². The van der Waals surface area contributed by atoms with Crippen molar-refractivity contribution in [3.63, 3.8) is 0 Å². The maximum atomic E-state index is 11.2. The molecule has 0 spiro atoms. The standard InChI is InChI=1S/C9H14O4/c1-9(2,3)8(11)12-5-6-4-7(10)13-6/h6H,4-5H2,1-3H3. The summed E-state index contributed by atoms with van der Waals surface area (Å²) in [5.74, 6) is -0.493. The monoisotopic (exact) mass is 186 g/mol. The van der Waals surface area contributed by atoms with E-state index in [1.165, 1.54) is 0 Å². The normalized spacial score (nSPS) is 21.8. The molecule has 1 aliphatic heterocycles. The van der Waals surface area contributed by atoms with Crippen molar-refractivity contribution in [3.8, 4) is 0 Å². The molecule has 1 atom stereocenters. The van der Waals surface area contributed by atoms with Gasteiger partial charge in [-0.3, -0.25) is 9.59 Å². The summed E-state index contributed by atoms with van der Waals surface area (Å²) in [5.41, 5.74) is -0.492. The molecule has 74 valence electrons. The molecule has 0 aromatic rings. The predicted molar refractivity (Wildman–Crippen MR) is 44.9 cm³/mol. The van der Waals surface area contributed by atoms with Crippen LogP contribution in [0.1, 0.15) is 27.2 Å². The lowest BCUT2D eigenvalue weighted by Crippen LogP contribution is -2.38. The van der Waals surface area contributed by atoms with Crippen molar-refractivity contribution in [1.29, 1.82) is 0 Å². The third-order valence-electron chi connectivity index (χ3n) is 1.71. The zero-order valence-electron chi connectivity index (χ0n) is 8.12. The van der Waals surface area contributed by atoms with E-state index in [2.05, 4.69) is 4.74 Å². The first-order chi connectivity index (χ1) is 5.89. The highest BCUT2D eigenvalue weighted by Gasteiger charge is 2.31. The highest BCUT2D eigenvalue weighted by molar-refractivity contribution is 5.77. The van der Waals surface area contributed by atoms with Crippen LogP contribution in [0.4, 0.5) is 0 Å². The highest BCUT2D eigenvalue weighted by Crippen LogP contribution is 2.18. The van der Waals surface area contributed by atoms with Crippen LogP contribution in [-0.2, 0) is 19.1 Å². The molecule has 13 heavy (non-hydrogen) atoms. The van der Waals surface area contributed by atoms with E-state index in [1.54, 1.807) is 20.8 Å². The largest absolute Gasteiger partial charge is 0.461 e. The zero-order chi connectivity index (χ0) is 10.1. The van der Waals surface area contributed by atoms with Crippen molar-refractivity contribution in [2.45, 2.75) is 33.3 Å². The van der Waals surface area contributed by atoms with Gasteiger partial charge in [0.25, 0.3) is 0 Å². The Balaban J connectivity index is 2.20. The van der Waals surface area contributed by atoms with Gasteiger partial charge in [-0.15, -0.1) is 0 Å². The molecule has 1 rings (SSSR count). The van der Waals surface area contributed by atoms with Crippen molar-refractivity contribution in [2.75, 3.05) is 6.61 Å². The van der Waals surface area contributed by atoms with Crippen LogP contribution in [0.15, 0.2) is 0 Å². The Bertz CT molecular complexity index is 218. The van der Waals surface area contributed by atoms with E-state index in [0.717, 1.165) is 0 Å². The van der Waals surface area contributed by atoms with E-state index >= 15 is 0 Å². The molecule has 1 heterocycles. The van der Waals surface area contributed by atoms with Gasteiger partial charge < -0.3 is 9.47 Å². The third-order valence-corrected chi connectivity index (χ3v) is 1.71. The smallest absolute Gasteiger partial charge is 0.311 e. The van der Waals surface area contributed by atoms with Gasteiger partial charge in [-0.1, -0.05) is 0 Å². The minimum absolute atomic E-state index is 0.182. The van der Waals surface area contributed by atoms with Crippen molar-refractivity contribution in [1.82, 2.24) is 0 Å². The summed E-state index contributed by atoms with van der Waals surface area (Å²) >= 11 is 0. The van der Waals surface area contributed by atoms with E-state index in [-0.39, 0.29) is 24.6 Å². The fourth-order valence-electron chi connectivity index (χ4n) is 0.840. The molecule has 0 saturated carbocycles. The molecule has 4 heteroatoms. The average Bonchev–Trinajstić information content (AvgIpc) is 1.93. The van der Waals surface area contributed by atoms with Crippen LogP contribution in [0.5, 0.6) is 0 Å². The average molecular weight is 186 g/mol. The molecule has 1 fully saturated rings. The van der Waals surface area contributed by atoms with Crippen LogP contribution in [0.3, 0.4) is 0 Å². The lowest BCUT2D eigenvalue weighted by atomic mass is 9.97. The number of cyclic esters (lactones) is 1. The fourth-order valence-corrected chi connectivity index (χ4v) is 0.840. The summed E-state index contributed by atoms with van der Waals surface area (Å²) in [6, 6.07) is 0. The number of hydrogen-bond donors (Lipinski definition) is 0. The third kappa shape index (κ3) is 2.72. The molecule has 4 nitrogen and oxygen atoms in total. The van der Waals surface area contributed by atoms with Crippen molar-refractivity contribution < 1.29 is 19.1 Å². The van der Waals surface area contributed by atoms with Gasteiger partial charge >= 0.3 is 11.9 Å². The van der Waals surface area contributed by atoms with Gasteiger partial charge in [0.05, 0.1) is 11.8 Å². The van der Waals surface area contributed by atoms with E-state index in [0.29, 0.717) is 6.42 Å². The Morgan fingerprint density at radius 2 is 2.15 bits per heavy atom. The van der Waals surface area contributed by atoms with Crippen LogP contribution < -0.4 is 0 Å². The Morgan fingerprint density at radius 1 is 1.62 bits per heavy atom. The molecule has 0 aromatic carbocycles. The number of esters is 2. The van der Waals surface area contributed by atoms with E-state index in [4.69, 9.17) is 4.74 Å². The van der Waals surface area contributed by atoms with Crippen molar-refractivity contribution in [2.24, 2.45) is 5.41 Å². The number of carbonyl (C=O) groups excluding carboxylic acids is 2. The number of rotatable bonds is 2. The van der Waals surface area contributed by atoms with Gasteiger partial charge in [0.1, 0.15) is 12.7 Å². The van der Waals surface area contributed by atoms with E-state index in [9.17, 15) is 9.59 Å². The first kappa shape index (κ1) is 10.0. The predicted octanol–water partition coefficient (Wildman–Crippen LogP) is 0.891. The number of ether oxygens (including phenoxy) is 2. The van der Waals surface area contributed by atoms with Crippen LogP contribution in [0, 0.1) is 5.41 Å². The quantitative estimate of drug-likeness (QED) is 0.601. The van der Waals surface area contributed by atoms with Crippen LogP contribution in [0.2, 0.25) is 0 Å². The Hall–Kier alpha value is -1.06. The summed E-state index contributed by atoms with van der Waals surface area (Å²) < 4.78 is 9.63. The van der Waals surface area contributed by atoms with Crippen molar-refractivity contribution >= 4 is 11.9 Å². The maximum Gasteiger partial charge on any atom is 0.311 e. The van der Waals surface area contributed by atoms with Crippen LogP contribution in [0.25, 0.3) is 0 Å². The number of hydrogen-bond acceptors (Lipinski definition) is 4. The molecule has 1 aliphatic rings. The number of carbonyl (C=O) groups is 2. The first-order valence-corrected chi connectivity index (χ1v) is 4.26. The van der Waals surface area contributed by atoms with Gasteiger partial charge in [0.15, 0.2) is 0 Å². The summed E-state index contributed by atoms with van der Waals surface area (Å²) in [4.78, 5) is 21.6. The summed E-state index contributed by atoms with van der Waals surface area (Å²) in [6.45, 7) is 5.52. The molecular weight excluding hydrogens is 172 g/mol. The lowest BCUT2D eigenvalue weighted by molar-refractivity contribution is -0.180. The second-order valence-corrected chi connectivity index (χ2v) is 4.16. The molecule has 0 radical (unpaired) electrons. The molecule has 1 saturated heterocycles. The molecule has 0 aromatic heterocycles. The minimum atomic E-state index is -0.492. The molecule has 0 N–H and O–H groups in total. The van der Waals surface area contributed by atoms with Gasteiger partial charge in [-0.25, -0.2) is 0 Å². The van der Waals surface area contributed by atoms with E-state index < -0.39 is 5.41 Å². The second-order valence-electron chi connectivity index (χ2n) is 4.16. The van der Waals surface area contributed by atoms with Gasteiger partial charge in [-0.05, 0) is 20.8 Å². The topological polar surface area (TPSA) is 52.6 Å². The molecule has 0 bridgehead atoms. The fraction of sp³-hybridized carbons (Fsp3) is 0.778. The summed E-state index contributed by atoms with van der Waals surface area (Å²) in [7, 11) is 0. The Labute approximate surface area is 77.2 Å². The molecule has 1 unspecified atom stereocenters. The molecule has 0 aliphatic carbocycles. The van der Waals surface area contributed by atoms with Gasteiger partial charge in [-0.2, -0.15) is 0 Å². The Morgan fingerprint density at radius 3 is 2.54 bits per heavy atom. The van der Waals surface area contributed by atoms with E-state index in [1.807, 2.05) is 0 Å². The summed E-state index contributed by atoms with van der Waals surface area (Å²) in [5, 5.41) is 0. The minimum Gasteiger partial charge on any atom is -0.461 e. The summed E-state index contributed by atoms with van der Waals surface area (Å²) in [6.07, 6.45) is 0.135. The molecule has 0 amide bonds. The van der Waals surface area contributed by atoms with Gasteiger partial charge in [0, 0.05) is 0 Å². The Kier molecular flexibility index (Phi) is 2.59. The first-order valence-electron chi connectivity index (χ1n) is 4.26. The maximum absolute atomic E-state index is 11.2. The van der Waals surface area contributed by atoms with Crippen LogP contribution >= 0.6 is 0 Å². The molecular formula is C9H14O4. The van der Waals surface area contributed by atoms with Crippen LogP contribution in [-0.4, -0.2) is 24.6 Å². The SMILES string of the molecule is CC(C)(C)C(=O)OCC1CC(=O)O1. The lowest BCUT2D eigenvalue weighted by Gasteiger charge is -2.26. The van der Waals surface area contributed by atoms with Gasteiger partial charge in [0.2, 0.25) is 0 Å².